The predicted octanol–water partition coefficient (Wildman–Crippen LogP) is 3.08. The van der Waals surface area contributed by atoms with E-state index in [4.69, 9.17) is 9.47 Å². The summed E-state index contributed by atoms with van der Waals surface area (Å²) in [5.41, 5.74) is 3.24. The number of amides is 2. The Morgan fingerprint density at radius 2 is 1.76 bits per heavy atom. The van der Waals surface area contributed by atoms with E-state index in [2.05, 4.69) is 29.4 Å². The second kappa shape index (κ2) is 10.1. The summed E-state index contributed by atoms with van der Waals surface area (Å²) in [6, 6.07) is 13.7. The van der Waals surface area contributed by atoms with Crippen LogP contribution in [0.4, 0.5) is 0 Å². The molecule has 0 aliphatic carbocycles. The Labute approximate surface area is 201 Å². The number of nitrogens with zero attached hydrogens (tertiary/aromatic N) is 2. The smallest absolute Gasteiger partial charge is 0.253 e. The molecule has 3 aliphatic heterocycles. The molecular formula is C27H33N3O4. The Bertz CT molecular complexity index is 1040. The zero-order valence-corrected chi connectivity index (χ0v) is 19.8. The number of carbonyl (C=O) groups is 2. The van der Waals surface area contributed by atoms with Gasteiger partial charge in [0.25, 0.3) is 5.91 Å². The van der Waals surface area contributed by atoms with E-state index in [1.165, 1.54) is 11.1 Å². The maximum Gasteiger partial charge on any atom is 0.253 e. The first kappa shape index (κ1) is 22.7. The van der Waals surface area contributed by atoms with E-state index in [1.54, 1.807) is 0 Å². The number of likely N-dealkylation sites (tertiary alicyclic amines) is 1. The minimum absolute atomic E-state index is 0.0526. The number of carbonyl (C=O) groups excluding carboxylic acids is 2. The Hall–Kier alpha value is -3.06. The van der Waals surface area contributed by atoms with Crippen LogP contribution in [-0.2, 0) is 17.8 Å². The SMILES string of the molecule is CN1CCCNC(=O)C[C@H]2CN(C(=O)c3ccccc3)C[C@H]2CCc2cc3c(cc2C1)OCO3. The first-order chi connectivity index (χ1) is 16.6. The van der Waals surface area contributed by atoms with Crippen LogP contribution in [0.1, 0.15) is 40.7 Å². The Balaban J connectivity index is 1.38. The lowest BCUT2D eigenvalue weighted by molar-refractivity contribution is -0.122. The normalized spacial score (nSPS) is 23.6. The molecule has 2 aromatic carbocycles. The van der Waals surface area contributed by atoms with Gasteiger partial charge >= 0.3 is 0 Å². The van der Waals surface area contributed by atoms with Crippen molar-refractivity contribution < 1.29 is 19.1 Å². The lowest BCUT2D eigenvalue weighted by Crippen LogP contribution is -2.32. The fourth-order valence-corrected chi connectivity index (χ4v) is 5.43. The summed E-state index contributed by atoms with van der Waals surface area (Å²) >= 11 is 0. The van der Waals surface area contributed by atoms with Crippen molar-refractivity contribution in [2.75, 3.05) is 40.0 Å². The fourth-order valence-electron chi connectivity index (χ4n) is 5.43. The molecule has 1 fully saturated rings. The molecule has 0 bridgehead atoms. The molecule has 2 amide bonds. The summed E-state index contributed by atoms with van der Waals surface area (Å²) < 4.78 is 11.3. The summed E-state index contributed by atoms with van der Waals surface area (Å²) in [4.78, 5) is 30.0. The van der Waals surface area contributed by atoms with Crippen LogP contribution in [0.3, 0.4) is 0 Å². The van der Waals surface area contributed by atoms with Crippen molar-refractivity contribution >= 4 is 11.8 Å². The first-order valence-electron chi connectivity index (χ1n) is 12.3. The summed E-state index contributed by atoms with van der Waals surface area (Å²) in [6.07, 6.45) is 3.17. The molecule has 1 N–H and O–H groups in total. The van der Waals surface area contributed by atoms with Crippen molar-refractivity contribution in [3.63, 3.8) is 0 Å². The van der Waals surface area contributed by atoms with E-state index in [0.717, 1.165) is 43.9 Å². The maximum atomic E-state index is 13.1. The molecule has 0 spiro atoms. The molecule has 0 unspecified atom stereocenters. The second-order valence-electron chi connectivity index (χ2n) is 9.75. The van der Waals surface area contributed by atoms with E-state index in [9.17, 15) is 9.59 Å². The number of ether oxygens (including phenoxy) is 2. The number of benzene rings is 2. The van der Waals surface area contributed by atoms with Crippen LogP contribution < -0.4 is 14.8 Å². The number of aryl methyl sites for hydroxylation is 1. The monoisotopic (exact) mass is 463 g/mol. The number of hydrogen-bond acceptors (Lipinski definition) is 5. The van der Waals surface area contributed by atoms with Crippen LogP contribution >= 0.6 is 0 Å². The third kappa shape index (κ3) is 5.04. The molecule has 5 rings (SSSR count). The minimum Gasteiger partial charge on any atom is -0.454 e. The summed E-state index contributed by atoms with van der Waals surface area (Å²) in [6.45, 7) is 3.98. The molecular weight excluding hydrogens is 430 g/mol. The molecule has 7 nitrogen and oxygen atoms in total. The largest absolute Gasteiger partial charge is 0.454 e. The Morgan fingerprint density at radius 3 is 2.56 bits per heavy atom. The van der Waals surface area contributed by atoms with Gasteiger partial charge in [-0.15, -0.1) is 0 Å². The third-order valence-corrected chi connectivity index (χ3v) is 7.29. The topological polar surface area (TPSA) is 71.1 Å². The average molecular weight is 464 g/mol. The highest BCUT2D eigenvalue weighted by atomic mass is 16.7. The Kier molecular flexibility index (Phi) is 6.72. The molecule has 180 valence electrons. The van der Waals surface area contributed by atoms with E-state index < -0.39 is 0 Å². The van der Waals surface area contributed by atoms with Crippen LogP contribution in [0.5, 0.6) is 11.5 Å². The Morgan fingerprint density at radius 1 is 1.03 bits per heavy atom. The summed E-state index contributed by atoms with van der Waals surface area (Å²) in [7, 11) is 2.11. The van der Waals surface area contributed by atoms with Crippen molar-refractivity contribution in [1.29, 1.82) is 0 Å². The molecule has 3 aliphatic rings. The molecule has 0 aromatic heterocycles. The van der Waals surface area contributed by atoms with Gasteiger partial charge in [-0.25, -0.2) is 0 Å². The van der Waals surface area contributed by atoms with Gasteiger partial charge in [-0.2, -0.15) is 0 Å². The molecule has 7 heteroatoms. The fraction of sp³-hybridized carbons (Fsp3) is 0.481. The lowest BCUT2D eigenvalue weighted by atomic mass is 9.86. The highest BCUT2D eigenvalue weighted by Crippen LogP contribution is 2.37. The van der Waals surface area contributed by atoms with Crippen LogP contribution in [-0.4, -0.2) is 61.6 Å². The van der Waals surface area contributed by atoms with Crippen LogP contribution in [0.2, 0.25) is 0 Å². The molecule has 1 saturated heterocycles. The van der Waals surface area contributed by atoms with E-state index in [-0.39, 0.29) is 30.4 Å². The number of rotatable bonds is 1. The zero-order valence-electron chi connectivity index (χ0n) is 19.8. The molecule has 0 saturated carbocycles. The van der Waals surface area contributed by atoms with Gasteiger partial charge in [0.15, 0.2) is 11.5 Å². The minimum atomic E-state index is 0.0526. The first-order valence-corrected chi connectivity index (χ1v) is 12.3. The predicted molar refractivity (Wildman–Crippen MR) is 129 cm³/mol. The van der Waals surface area contributed by atoms with Crippen LogP contribution in [0, 0.1) is 11.8 Å². The number of fused-ring (bicyclic) bond motifs is 3. The molecule has 2 aromatic rings. The quantitative estimate of drug-likeness (QED) is 0.704. The third-order valence-electron chi connectivity index (χ3n) is 7.29. The average Bonchev–Trinajstić information content (AvgIpc) is 3.46. The maximum absolute atomic E-state index is 13.1. The molecule has 0 radical (unpaired) electrons. The number of hydrogen-bond donors (Lipinski definition) is 1. The van der Waals surface area contributed by atoms with Crippen LogP contribution in [0.15, 0.2) is 42.5 Å². The number of nitrogens with one attached hydrogen (secondary N) is 1. The van der Waals surface area contributed by atoms with Gasteiger partial charge in [0.05, 0.1) is 0 Å². The van der Waals surface area contributed by atoms with E-state index in [1.807, 2.05) is 35.2 Å². The molecule has 2 atom stereocenters. The van der Waals surface area contributed by atoms with Crippen molar-refractivity contribution in [1.82, 2.24) is 15.1 Å². The van der Waals surface area contributed by atoms with Gasteiger partial charge in [-0.3, -0.25) is 9.59 Å². The van der Waals surface area contributed by atoms with Crippen molar-refractivity contribution in [2.45, 2.75) is 32.2 Å². The summed E-state index contributed by atoms with van der Waals surface area (Å²) in [5, 5.41) is 3.09. The molecule has 3 heterocycles. The van der Waals surface area contributed by atoms with E-state index in [0.29, 0.717) is 31.6 Å². The van der Waals surface area contributed by atoms with Gasteiger partial charge in [-0.1, -0.05) is 18.2 Å². The van der Waals surface area contributed by atoms with E-state index >= 15 is 0 Å². The van der Waals surface area contributed by atoms with Crippen LogP contribution in [0.25, 0.3) is 0 Å². The standard InChI is InChI=1S/C27H33N3O4/c1-29-11-5-10-28-26(31)14-23-17-30(27(32)19-6-3-2-4-7-19)16-21(23)9-8-20-12-24-25(34-18-33-24)13-22(20)15-29/h2-4,6-7,12-13,21,23H,5,8-11,14-18H2,1H3,(H,28,31)/t21-,23+/m1/s1. The zero-order chi connectivity index (χ0) is 23.5. The van der Waals surface area contributed by atoms with Gasteiger partial charge in [0, 0.05) is 38.2 Å². The second-order valence-corrected chi connectivity index (χ2v) is 9.75. The molecule has 34 heavy (non-hydrogen) atoms. The van der Waals surface area contributed by atoms with Gasteiger partial charge in [0.1, 0.15) is 0 Å². The summed E-state index contributed by atoms with van der Waals surface area (Å²) in [5.74, 6) is 2.21. The van der Waals surface area contributed by atoms with Crippen molar-refractivity contribution in [3.8, 4) is 11.5 Å². The lowest BCUT2D eigenvalue weighted by Gasteiger charge is -2.22. The van der Waals surface area contributed by atoms with Gasteiger partial charge in [0.2, 0.25) is 12.7 Å². The van der Waals surface area contributed by atoms with Gasteiger partial charge in [-0.05, 0) is 80.1 Å². The van der Waals surface area contributed by atoms with Crippen molar-refractivity contribution in [3.05, 3.63) is 59.2 Å². The van der Waals surface area contributed by atoms with Crippen molar-refractivity contribution in [2.24, 2.45) is 11.8 Å². The van der Waals surface area contributed by atoms with Gasteiger partial charge < -0.3 is 24.6 Å². The highest BCUT2D eigenvalue weighted by Gasteiger charge is 2.36. The highest BCUT2D eigenvalue weighted by molar-refractivity contribution is 5.94.